The van der Waals surface area contributed by atoms with Gasteiger partial charge >= 0.3 is 0 Å². The third kappa shape index (κ3) is 2.44. The molecule has 2 rings (SSSR count). The number of halogens is 3. The average molecular weight is 270 g/mol. The Bertz CT molecular complexity index is 589. The predicted molar refractivity (Wildman–Crippen MR) is 66.3 cm³/mol. The Balaban J connectivity index is 2.47. The summed E-state index contributed by atoms with van der Waals surface area (Å²) in [6, 6.07) is 7.43. The van der Waals surface area contributed by atoms with Crippen molar-refractivity contribution in [1.82, 2.24) is 0 Å². The normalized spacial score (nSPS) is 12.4. The monoisotopic (exact) mass is 269 g/mol. The molecule has 0 aromatic heterocycles. The lowest BCUT2D eigenvalue weighted by atomic mass is 9.99. The summed E-state index contributed by atoms with van der Waals surface area (Å²) in [4.78, 5) is 0. The van der Waals surface area contributed by atoms with E-state index in [0.29, 0.717) is 0 Å². The summed E-state index contributed by atoms with van der Waals surface area (Å²) >= 11 is 5.62. The number of aliphatic hydroxyl groups is 1. The third-order valence-corrected chi connectivity index (χ3v) is 2.84. The van der Waals surface area contributed by atoms with Crippen LogP contribution in [0, 0.1) is 11.6 Å². The molecule has 2 aromatic rings. The molecule has 2 nitrogen and oxygen atoms in total. The standard InChI is InChI=1S/C13H10ClF2NO/c14-7-1-3-9(11(16)5-7)13(18)10-6-8(15)2-4-12(10)17/h1-6,13,18H,17H2. The van der Waals surface area contributed by atoms with E-state index in [0.717, 1.165) is 12.1 Å². The molecule has 0 saturated heterocycles. The van der Waals surface area contributed by atoms with Gasteiger partial charge in [-0.2, -0.15) is 0 Å². The summed E-state index contributed by atoms with van der Waals surface area (Å²) in [7, 11) is 0. The van der Waals surface area contributed by atoms with Crippen molar-refractivity contribution < 1.29 is 13.9 Å². The second-order valence-electron chi connectivity index (χ2n) is 3.84. The molecule has 0 aliphatic heterocycles. The van der Waals surface area contributed by atoms with E-state index in [1.54, 1.807) is 0 Å². The molecule has 0 spiro atoms. The van der Waals surface area contributed by atoms with Crippen LogP contribution in [0.3, 0.4) is 0 Å². The number of aliphatic hydroxyl groups excluding tert-OH is 1. The summed E-state index contributed by atoms with van der Waals surface area (Å²) < 4.78 is 26.7. The second kappa shape index (κ2) is 4.92. The van der Waals surface area contributed by atoms with E-state index < -0.39 is 17.7 Å². The van der Waals surface area contributed by atoms with Crippen LogP contribution < -0.4 is 5.73 Å². The molecule has 3 N–H and O–H groups in total. The lowest BCUT2D eigenvalue weighted by Crippen LogP contribution is -2.06. The minimum atomic E-state index is -1.34. The fourth-order valence-corrected chi connectivity index (χ4v) is 1.83. The minimum absolute atomic E-state index is 0.00306. The highest BCUT2D eigenvalue weighted by atomic mass is 35.5. The van der Waals surface area contributed by atoms with Gasteiger partial charge in [0.1, 0.15) is 17.7 Å². The number of nitrogen functional groups attached to an aromatic ring is 1. The van der Waals surface area contributed by atoms with Crippen LogP contribution in [-0.4, -0.2) is 5.11 Å². The van der Waals surface area contributed by atoms with Crippen molar-refractivity contribution in [2.45, 2.75) is 6.10 Å². The number of rotatable bonds is 2. The van der Waals surface area contributed by atoms with Crippen LogP contribution in [0.4, 0.5) is 14.5 Å². The zero-order valence-corrected chi connectivity index (χ0v) is 9.96. The lowest BCUT2D eigenvalue weighted by molar-refractivity contribution is 0.215. The maximum Gasteiger partial charge on any atom is 0.130 e. The molecule has 2 aromatic carbocycles. The van der Waals surface area contributed by atoms with Gasteiger partial charge < -0.3 is 10.8 Å². The van der Waals surface area contributed by atoms with Gasteiger partial charge in [0.15, 0.2) is 0 Å². The fraction of sp³-hybridized carbons (Fsp3) is 0.0769. The highest BCUT2D eigenvalue weighted by Gasteiger charge is 2.18. The van der Waals surface area contributed by atoms with Crippen LogP contribution >= 0.6 is 11.6 Å². The molecule has 0 fully saturated rings. The Morgan fingerprint density at radius 1 is 1.06 bits per heavy atom. The average Bonchev–Trinajstić information content (AvgIpc) is 2.31. The van der Waals surface area contributed by atoms with Gasteiger partial charge in [-0.1, -0.05) is 17.7 Å². The van der Waals surface area contributed by atoms with Crippen LogP contribution in [0.2, 0.25) is 5.02 Å². The van der Waals surface area contributed by atoms with E-state index in [1.165, 1.54) is 24.3 Å². The molecule has 0 radical (unpaired) electrons. The van der Waals surface area contributed by atoms with Crippen molar-refractivity contribution >= 4 is 17.3 Å². The molecule has 1 atom stereocenters. The molecule has 18 heavy (non-hydrogen) atoms. The quantitative estimate of drug-likeness (QED) is 0.822. The topological polar surface area (TPSA) is 46.2 Å². The molecule has 0 aliphatic carbocycles. The smallest absolute Gasteiger partial charge is 0.130 e. The lowest BCUT2D eigenvalue weighted by Gasteiger charge is -2.14. The molecule has 0 amide bonds. The second-order valence-corrected chi connectivity index (χ2v) is 4.28. The highest BCUT2D eigenvalue weighted by Crippen LogP contribution is 2.30. The Labute approximate surface area is 108 Å². The summed E-state index contributed by atoms with van der Waals surface area (Å²) in [6.07, 6.45) is -1.34. The maximum absolute atomic E-state index is 13.6. The Kier molecular flexibility index (Phi) is 3.50. The molecule has 0 aliphatic rings. The van der Waals surface area contributed by atoms with Gasteiger partial charge in [-0.25, -0.2) is 8.78 Å². The first-order valence-corrected chi connectivity index (χ1v) is 5.55. The zero-order chi connectivity index (χ0) is 13.3. The summed E-state index contributed by atoms with van der Waals surface area (Å²) in [6.45, 7) is 0. The first-order chi connectivity index (χ1) is 8.49. The predicted octanol–water partition coefficient (Wildman–Crippen LogP) is 3.28. The van der Waals surface area contributed by atoms with Crippen molar-refractivity contribution in [3.05, 3.63) is 64.2 Å². The number of hydrogen-bond donors (Lipinski definition) is 2. The van der Waals surface area contributed by atoms with E-state index in [2.05, 4.69) is 0 Å². The molecule has 94 valence electrons. The summed E-state index contributed by atoms with van der Waals surface area (Å²) in [5.74, 6) is -1.22. The first kappa shape index (κ1) is 12.8. The molecule has 5 heteroatoms. The zero-order valence-electron chi connectivity index (χ0n) is 9.20. The number of anilines is 1. The Morgan fingerprint density at radius 2 is 1.78 bits per heavy atom. The van der Waals surface area contributed by atoms with E-state index in [-0.39, 0.29) is 21.8 Å². The fourth-order valence-electron chi connectivity index (χ4n) is 1.67. The first-order valence-electron chi connectivity index (χ1n) is 5.17. The van der Waals surface area contributed by atoms with Gasteiger partial charge in [0.2, 0.25) is 0 Å². The van der Waals surface area contributed by atoms with Crippen LogP contribution in [0.1, 0.15) is 17.2 Å². The van der Waals surface area contributed by atoms with Gasteiger partial charge in [-0.05, 0) is 30.3 Å². The SMILES string of the molecule is Nc1ccc(F)cc1C(O)c1ccc(Cl)cc1F. The van der Waals surface area contributed by atoms with Crippen molar-refractivity contribution in [3.8, 4) is 0 Å². The number of hydrogen-bond acceptors (Lipinski definition) is 2. The van der Waals surface area contributed by atoms with Crippen LogP contribution in [0.15, 0.2) is 36.4 Å². The molecule has 1 unspecified atom stereocenters. The molecular weight excluding hydrogens is 260 g/mol. The molecular formula is C13H10ClF2NO. The van der Waals surface area contributed by atoms with E-state index in [1.807, 2.05) is 0 Å². The van der Waals surface area contributed by atoms with Crippen molar-refractivity contribution in [1.29, 1.82) is 0 Å². The van der Waals surface area contributed by atoms with Crippen LogP contribution in [-0.2, 0) is 0 Å². The molecule has 0 heterocycles. The summed E-state index contributed by atoms with van der Waals surface area (Å²) in [5.41, 5.74) is 5.94. The van der Waals surface area contributed by atoms with E-state index >= 15 is 0 Å². The van der Waals surface area contributed by atoms with Crippen molar-refractivity contribution in [3.63, 3.8) is 0 Å². The largest absolute Gasteiger partial charge is 0.398 e. The summed E-state index contributed by atoms with van der Waals surface area (Å²) in [5, 5.41) is 10.3. The molecule has 0 bridgehead atoms. The van der Waals surface area contributed by atoms with Gasteiger partial charge in [0.25, 0.3) is 0 Å². The Morgan fingerprint density at radius 3 is 2.44 bits per heavy atom. The number of benzene rings is 2. The number of nitrogens with two attached hydrogens (primary N) is 1. The van der Waals surface area contributed by atoms with E-state index in [4.69, 9.17) is 17.3 Å². The van der Waals surface area contributed by atoms with Crippen LogP contribution in [0.25, 0.3) is 0 Å². The van der Waals surface area contributed by atoms with E-state index in [9.17, 15) is 13.9 Å². The highest BCUT2D eigenvalue weighted by molar-refractivity contribution is 6.30. The maximum atomic E-state index is 13.6. The van der Waals surface area contributed by atoms with Crippen molar-refractivity contribution in [2.24, 2.45) is 0 Å². The van der Waals surface area contributed by atoms with Gasteiger partial charge in [-0.3, -0.25) is 0 Å². The third-order valence-electron chi connectivity index (χ3n) is 2.60. The minimum Gasteiger partial charge on any atom is -0.398 e. The van der Waals surface area contributed by atoms with Gasteiger partial charge in [0, 0.05) is 21.8 Å². The molecule has 0 saturated carbocycles. The van der Waals surface area contributed by atoms with Gasteiger partial charge in [0.05, 0.1) is 0 Å². The van der Waals surface area contributed by atoms with Crippen LogP contribution in [0.5, 0.6) is 0 Å². The van der Waals surface area contributed by atoms with Crippen molar-refractivity contribution in [2.75, 3.05) is 5.73 Å². The van der Waals surface area contributed by atoms with Gasteiger partial charge in [-0.15, -0.1) is 0 Å². The Hall–Kier alpha value is -1.65.